The number of hydrogen-bond acceptors (Lipinski definition) is 5. The number of aromatic nitrogens is 1. The van der Waals surface area contributed by atoms with Crippen molar-refractivity contribution in [3.63, 3.8) is 0 Å². The topological polar surface area (TPSA) is 93.2 Å². The maximum atomic E-state index is 13.1. The third-order valence-electron chi connectivity index (χ3n) is 4.09. The molecule has 0 saturated heterocycles. The molecule has 1 heterocycles. The van der Waals surface area contributed by atoms with Crippen molar-refractivity contribution in [1.29, 1.82) is 0 Å². The largest absolute Gasteiger partial charge is 0.264 e. The highest BCUT2D eigenvalue weighted by molar-refractivity contribution is 7.92. The molecule has 0 bridgehead atoms. The molecule has 1 aromatic heterocycles. The molecule has 0 aliphatic rings. The molecule has 1 atom stereocenters. The van der Waals surface area contributed by atoms with Crippen LogP contribution in [-0.2, 0) is 19.9 Å². The molecule has 0 amide bonds. The Bertz CT molecular complexity index is 1140. The number of pyridine rings is 1. The van der Waals surface area contributed by atoms with Gasteiger partial charge in [0.25, 0.3) is 0 Å². The van der Waals surface area contributed by atoms with Crippen molar-refractivity contribution in [2.75, 3.05) is 6.54 Å². The van der Waals surface area contributed by atoms with Crippen LogP contribution in [0.25, 0.3) is 0 Å². The quantitative estimate of drug-likeness (QED) is 0.634. The van der Waals surface area contributed by atoms with Gasteiger partial charge in [0.15, 0.2) is 9.84 Å². The molecular weight excluding hydrogens is 403 g/mol. The minimum atomic E-state index is -4.02. The Morgan fingerprint density at radius 2 is 1.54 bits per heavy atom. The summed E-state index contributed by atoms with van der Waals surface area (Å²) < 4.78 is 66.6. The zero-order valence-corrected chi connectivity index (χ0v) is 16.2. The van der Waals surface area contributed by atoms with Crippen molar-refractivity contribution >= 4 is 19.9 Å². The highest BCUT2D eigenvalue weighted by Gasteiger charge is 2.31. The molecule has 3 aromatic rings. The Kier molecular flexibility index (Phi) is 5.87. The molecule has 1 N–H and O–H groups in total. The predicted octanol–water partition coefficient (Wildman–Crippen LogP) is 2.71. The molecule has 0 fully saturated rings. The average Bonchev–Trinajstić information content (AvgIpc) is 2.70. The fraction of sp³-hybridized carbons (Fsp3) is 0.105. The Morgan fingerprint density at radius 1 is 0.857 bits per heavy atom. The lowest BCUT2D eigenvalue weighted by molar-refractivity contribution is 0.568. The van der Waals surface area contributed by atoms with Crippen LogP contribution in [0.3, 0.4) is 0 Å². The van der Waals surface area contributed by atoms with Gasteiger partial charge in [0.2, 0.25) is 10.0 Å². The molecule has 28 heavy (non-hydrogen) atoms. The van der Waals surface area contributed by atoms with Crippen LogP contribution in [0.4, 0.5) is 4.39 Å². The van der Waals surface area contributed by atoms with Crippen molar-refractivity contribution in [2.45, 2.75) is 15.0 Å². The van der Waals surface area contributed by atoms with Gasteiger partial charge >= 0.3 is 0 Å². The van der Waals surface area contributed by atoms with Crippen LogP contribution in [-0.4, -0.2) is 28.4 Å². The van der Waals surface area contributed by atoms with E-state index >= 15 is 0 Å². The molecule has 6 nitrogen and oxygen atoms in total. The van der Waals surface area contributed by atoms with E-state index in [9.17, 15) is 21.2 Å². The minimum absolute atomic E-state index is 0.0739. The Labute approximate surface area is 163 Å². The summed E-state index contributed by atoms with van der Waals surface area (Å²) in [5.41, 5.74) is 0.355. The van der Waals surface area contributed by atoms with Crippen LogP contribution < -0.4 is 4.72 Å². The SMILES string of the molecule is O=S(=O)(NC[C@H](c1cccnc1)S(=O)(=O)c1ccccc1)c1ccc(F)cc1. The monoisotopic (exact) mass is 420 g/mol. The third kappa shape index (κ3) is 4.44. The smallest absolute Gasteiger partial charge is 0.240 e. The van der Waals surface area contributed by atoms with Gasteiger partial charge in [-0.2, -0.15) is 0 Å². The molecule has 0 aliphatic carbocycles. The molecule has 0 spiro atoms. The lowest BCUT2D eigenvalue weighted by atomic mass is 10.2. The first-order valence-electron chi connectivity index (χ1n) is 8.25. The van der Waals surface area contributed by atoms with Crippen molar-refractivity contribution < 1.29 is 21.2 Å². The number of sulfone groups is 1. The van der Waals surface area contributed by atoms with Gasteiger partial charge in [0.05, 0.1) is 9.79 Å². The maximum absolute atomic E-state index is 13.1. The zero-order valence-electron chi connectivity index (χ0n) is 14.6. The average molecular weight is 420 g/mol. The standard InChI is InChI=1S/C19H17FN2O4S2/c20-16-8-10-18(11-9-16)28(25,26)22-14-19(15-5-4-12-21-13-15)27(23,24)17-6-2-1-3-7-17/h1-13,19,22H,14H2/t19-/m1/s1. The van der Waals surface area contributed by atoms with Gasteiger partial charge in [-0.1, -0.05) is 24.3 Å². The lowest BCUT2D eigenvalue weighted by Crippen LogP contribution is -2.32. The number of sulfonamides is 1. The lowest BCUT2D eigenvalue weighted by Gasteiger charge is -2.19. The Hall–Kier alpha value is -2.62. The second-order valence-electron chi connectivity index (χ2n) is 5.94. The number of nitrogens with zero attached hydrogens (tertiary/aromatic N) is 1. The van der Waals surface area contributed by atoms with Crippen LogP contribution in [0.5, 0.6) is 0 Å². The van der Waals surface area contributed by atoms with Gasteiger partial charge in [-0.05, 0) is 48.0 Å². The predicted molar refractivity (Wildman–Crippen MR) is 102 cm³/mol. The van der Waals surface area contributed by atoms with Crippen LogP contribution in [0.15, 0.2) is 88.9 Å². The number of rotatable bonds is 7. The highest BCUT2D eigenvalue weighted by atomic mass is 32.2. The summed E-state index contributed by atoms with van der Waals surface area (Å²) in [5.74, 6) is -0.571. The normalized spacial score (nSPS) is 13.2. The van der Waals surface area contributed by atoms with E-state index in [1.165, 1.54) is 24.5 Å². The molecule has 0 unspecified atom stereocenters. The van der Waals surface area contributed by atoms with Crippen LogP contribution >= 0.6 is 0 Å². The van der Waals surface area contributed by atoms with E-state index in [0.29, 0.717) is 5.56 Å². The Balaban J connectivity index is 1.94. The fourth-order valence-corrected chi connectivity index (χ4v) is 5.45. The van der Waals surface area contributed by atoms with Crippen molar-refractivity contribution in [2.24, 2.45) is 0 Å². The third-order valence-corrected chi connectivity index (χ3v) is 7.64. The summed E-state index contributed by atoms with van der Waals surface area (Å²) >= 11 is 0. The van der Waals surface area contributed by atoms with Gasteiger partial charge < -0.3 is 0 Å². The van der Waals surface area contributed by atoms with E-state index < -0.39 is 37.5 Å². The molecular formula is C19H17FN2O4S2. The van der Waals surface area contributed by atoms with E-state index in [-0.39, 0.29) is 9.79 Å². The second-order valence-corrected chi connectivity index (χ2v) is 9.84. The van der Waals surface area contributed by atoms with Crippen molar-refractivity contribution in [3.05, 3.63) is 90.5 Å². The van der Waals surface area contributed by atoms with Crippen LogP contribution in [0.1, 0.15) is 10.8 Å². The van der Waals surface area contributed by atoms with Gasteiger partial charge in [0.1, 0.15) is 11.1 Å². The summed E-state index contributed by atoms with van der Waals surface area (Å²) in [6.07, 6.45) is 2.88. The first-order valence-corrected chi connectivity index (χ1v) is 11.3. The molecule has 9 heteroatoms. The first kappa shape index (κ1) is 20.1. The van der Waals surface area contributed by atoms with Gasteiger partial charge in [0, 0.05) is 18.9 Å². The number of benzene rings is 2. The van der Waals surface area contributed by atoms with E-state index in [1.54, 1.807) is 30.3 Å². The van der Waals surface area contributed by atoms with E-state index in [1.807, 2.05) is 0 Å². The zero-order chi connectivity index (χ0) is 20.2. The molecule has 146 valence electrons. The first-order chi connectivity index (χ1) is 13.3. The van der Waals surface area contributed by atoms with Crippen molar-refractivity contribution in [1.82, 2.24) is 9.71 Å². The highest BCUT2D eigenvalue weighted by Crippen LogP contribution is 2.28. The maximum Gasteiger partial charge on any atom is 0.240 e. The Morgan fingerprint density at radius 3 is 2.14 bits per heavy atom. The number of hydrogen-bond donors (Lipinski definition) is 1. The van der Waals surface area contributed by atoms with Gasteiger partial charge in [-0.25, -0.2) is 25.9 Å². The van der Waals surface area contributed by atoms with E-state index in [4.69, 9.17) is 0 Å². The van der Waals surface area contributed by atoms with Crippen molar-refractivity contribution in [3.8, 4) is 0 Å². The second kappa shape index (κ2) is 8.17. The number of halogens is 1. The summed E-state index contributed by atoms with van der Waals surface area (Å²) in [6, 6.07) is 15.2. The van der Waals surface area contributed by atoms with E-state index in [2.05, 4.69) is 9.71 Å². The van der Waals surface area contributed by atoms with Crippen LogP contribution in [0, 0.1) is 5.82 Å². The molecule has 0 aliphatic heterocycles. The molecule has 0 radical (unpaired) electrons. The summed E-state index contributed by atoms with van der Waals surface area (Å²) in [5, 5.41) is -1.18. The molecule has 0 saturated carbocycles. The summed E-state index contributed by atoms with van der Waals surface area (Å²) in [4.78, 5) is 3.86. The van der Waals surface area contributed by atoms with Gasteiger partial charge in [-0.3, -0.25) is 4.98 Å². The van der Waals surface area contributed by atoms with Gasteiger partial charge in [-0.15, -0.1) is 0 Å². The fourth-order valence-electron chi connectivity index (χ4n) is 2.63. The molecule has 2 aromatic carbocycles. The van der Waals surface area contributed by atoms with E-state index in [0.717, 1.165) is 24.3 Å². The summed E-state index contributed by atoms with van der Waals surface area (Å²) in [6.45, 7) is -0.400. The van der Waals surface area contributed by atoms with Crippen LogP contribution in [0.2, 0.25) is 0 Å². The summed E-state index contributed by atoms with van der Waals surface area (Å²) in [7, 11) is -7.92. The minimum Gasteiger partial charge on any atom is -0.264 e. The number of nitrogens with one attached hydrogen (secondary N) is 1. The molecule has 3 rings (SSSR count).